The Morgan fingerprint density at radius 3 is 0.600 bits per heavy atom. The van der Waals surface area contributed by atoms with Crippen molar-refractivity contribution in [1.29, 1.82) is 0 Å². The molecule has 0 heterocycles. The summed E-state index contributed by atoms with van der Waals surface area (Å²) in [5, 5.41) is 0. The van der Waals surface area contributed by atoms with E-state index in [0.29, 0.717) is 0 Å². The SMILES string of the molecule is Br.Br.Br.O.P. The molecular formula is H8Br3OP. The minimum Gasteiger partial charge on any atom is -0.412 e. The molecule has 1 unspecified atom stereocenters. The predicted octanol–water partition coefficient (Wildman–Crippen LogP) is 0.967. The van der Waals surface area contributed by atoms with Crippen LogP contribution in [0.15, 0.2) is 0 Å². The van der Waals surface area contributed by atoms with Gasteiger partial charge < -0.3 is 5.48 Å². The molecule has 0 aromatic rings. The van der Waals surface area contributed by atoms with Gasteiger partial charge in [-0.05, 0) is 0 Å². The first-order valence-electron chi connectivity index (χ1n) is 0. The van der Waals surface area contributed by atoms with Gasteiger partial charge in [-0.25, -0.2) is 0 Å². The van der Waals surface area contributed by atoms with Gasteiger partial charge in [0.2, 0.25) is 0 Å². The molecule has 0 radical (unpaired) electrons. The summed E-state index contributed by atoms with van der Waals surface area (Å²) in [4.78, 5) is 0. The number of halogens is 3. The third-order valence-electron chi connectivity index (χ3n) is 0. The monoisotopic (exact) mass is 292 g/mol. The van der Waals surface area contributed by atoms with E-state index < -0.39 is 0 Å². The highest BCUT2D eigenvalue weighted by molar-refractivity contribution is 8.93. The van der Waals surface area contributed by atoms with E-state index >= 15 is 0 Å². The standard InChI is InChI=1S/3BrH.H2O.H3P/h3*1H;1H2;1H3. The smallest absolute Gasteiger partial charge is 0.114 e. The molecule has 0 fully saturated rings. The molecule has 0 spiro atoms. The first-order chi connectivity index (χ1) is 0. The zero-order valence-corrected chi connectivity index (χ0v) is 8.99. The lowest BCUT2D eigenvalue weighted by molar-refractivity contribution is 0.824. The van der Waals surface area contributed by atoms with Gasteiger partial charge in [-0.15, -0.1) is 50.9 Å². The molecule has 2 N–H and O–H groups in total. The third-order valence-corrected chi connectivity index (χ3v) is 0. The maximum Gasteiger partial charge on any atom is -0.114 e. The number of hydrogen-bond acceptors (Lipinski definition) is 0. The Labute approximate surface area is 66.1 Å². The fourth-order valence-corrected chi connectivity index (χ4v) is 0. The number of hydrogen-bond donors (Lipinski definition) is 0. The zero-order chi connectivity index (χ0) is 0. The summed E-state index contributed by atoms with van der Waals surface area (Å²) >= 11 is 0. The van der Waals surface area contributed by atoms with Crippen molar-refractivity contribution in [2.24, 2.45) is 0 Å². The fraction of sp³-hybridized carbons (Fsp3) is 0. The molecule has 0 amide bonds. The van der Waals surface area contributed by atoms with Gasteiger partial charge in [0.05, 0.1) is 0 Å². The van der Waals surface area contributed by atoms with Crippen molar-refractivity contribution in [3.05, 3.63) is 0 Å². The lowest BCUT2D eigenvalue weighted by Gasteiger charge is -0.412. The first-order valence-corrected chi connectivity index (χ1v) is 0. The first kappa shape index (κ1) is 69.3. The molecule has 0 rings (SSSR count). The van der Waals surface area contributed by atoms with Gasteiger partial charge in [0.15, 0.2) is 0 Å². The molecule has 5 heteroatoms. The summed E-state index contributed by atoms with van der Waals surface area (Å²) < 4.78 is 0. The maximum absolute atomic E-state index is 0. The van der Waals surface area contributed by atoms with Crippen LogP contribution in [0.3, 0.4) is 0 Å². The Morgan fingerprint density at radius 1 is 0.600 bits per heavy atom. The van der Waals surface area contributed by atoms with Crippen LogP contribution in [0, 0.1) is 0 Å². The Kier molecular flexibility index (Phi) is 563. The fourth-order valence-electron chi connectivity index (χ4n) is 0. The summed E-state index contributed by atoms with van der Waals surface area (Å²) in [7, 11) is 0. The average Bonchev–Trinajstić information content (AvgIpc) is 0. The molecule has 0 aliphatic heterocycles. The molecule has 1 nitrogen and oxygen atoms in total. The Morgan fingerprint density at radius 2 is 0.600 bits per heavy atom. The van der Waals surface area contributed by atoms with Crippen molar-refractivity contribution in [3.63, 3.8) is 0 Å². The normalized spacial score (nSPS) is 0. The third kappa shape index (κ3) is 25.5. The topological polar surface area (TPSA) is 31.5 Å². The lowest BCUT2D eigenvalue weighted by atomic mass is 16.0. The molecular weight excluding hydrogens is 287 g/mol. The highest BCUT2D eigenvalue weighted by Crippen LogP contribution is 0.861. The van der Waals surface area contributed by atoms with E-state index in [9.17, 15) is 0 Å². The quantitative estimate of drug-likeness (QED) is 0.596. The van der Waals surface area contributed by atoms with E-state index in [1.165, 1.54) is 0 Å². The van der Waals surface area contributed by atoms with Crippen molar-refractivity contribution >= 4 is 60.8 Å². The molecule has 0 aromatic heterocycles. The summed E-state index contributed by atoms with van der Waals surface area (Å²) in [6.45, 7) is 0. The van der Waals surface area contributed by atoms with Gasteiger partial charge in [0.25, 0.3) is 0 Å². The summed E-state index contributed by atoms with van der Waals surface area (Å²) in [5.41, 5.74) is 0. The Bertz CT molecular complexity index is 6.85. The molecule has 0 aliphatic rings. The summed E-state index contributed by atoms with van der Waals surface area (Å²) in [5.74, 6) is 0. The number of rotatable bonds is 0. The lowest BCUT2D eigenvalue weighted by Crippen LogP contribution is -0.289. The van der Waals surface area contributed by atoms with Gasteiger partial charge in [0.1, 0.15) is 0 Å². The maximum atomic E-state index is 0. The highest BCUT2D eigenvalue weighted by atomic mass is 79.9. The van der Waals surface area contributed by atoms with Crippen molar-refractivity contribution < 1.29 is 5.48 Å². The van der Waals surface area contributed by atoms with E-state index in [4.69, 9.17) is 0 Å². The van der Waals surface area contributed by atoms with Crippen molar-refractivity contribution in [3.8, 4) is 0 Å². The van der Waals surface area contributed by atoms with Crippen LogP contribution in [0.5, 0.6) is 0 Å². The van der Waals surface area contributed by atoms with Gasteiger partial charge >= 0.3 is 0 Å². The van der Waals surface area contributed by atoms with Gasteiger partial charge in [-0.1, -0.05) is 0 Å². The van der Waals surface area contributed by atoms with Crippen LogP contribution < -0.4 is 0 Å². The van der Waals surface area contributed by atoms with Crippen LogP contribution in [0.2, 0.25) is 0 Å². The summed E-state index contributed by atoms with van der Waals surface area (Å²) in [6.07, 6.45) is 0. The second kappa shape index (κ2) is 40.6. The highest BCUT2D eigenvalue weighted by Gasteiger charge is -0.112. The largest absolute Gasteiger partial charge is 0.412 e. The van der Waals surface area contributed by atoms with Crippen molar-refractivity contribution in [2.45, 2.75) is 0 Å². The molecule has 40 valence electrons. The minimum atomic E-state index is 0. The second-order valence-corrected chi connectivity index (χ2v) is 0. The predicted molar refractivity (Wildman–Crippen MR) is 45.7 cm³/mol. The van der Waals surface area contributed by atoms with Gasteiger partial charge in [-0.2, -0.15) is 9.90 Å². The molecule has 0 aromatic carbocycles. The van der Waals surface area contributed by atoms with E-state index in [-0.39, 0.29) is 66.3 Å². The minimum absolute atomic E-state index is 0. The van der Waals surface area contributed by atoms with Crippen LogP contribution >= 0.6 is 60.8 Å². The van der Waals surface area contributed by atoms with Crippen molar-refractivity contribution in [2.75, 3.05) is 0 Å². The van der Waals surface area contributed by atoms with Crippen LogP contribution in [0.1, 0.15) is 0 Å². The van der Waals surface area contributed by atoms with Crippen LogP contribution in [-0.2, 0) is 0 Å². The van der Waals surface area contributed by atoms with E-state index in [1.807, 2.05) is 0 Å². The van der Waals surface area contributed by atoms with Crippen LogP contribution in [-0.4, -0.2) is 5.48 Å². The van der Waals surface area contributed by atoms with Crippen LogP contribution in [0.25, 0.3) is 0 Å². The second-order valence-electron chi connectivity index (χ2n) is 0. The molecule has 0 saturated carbocycles. The molecule has 0 saturated heterocycles. The van der Waals surface area contributed by atoms with Gasteiger partial charge in [-0.3, -0.25) is 0 Å². The summed E-state index contributed by atoms with van der Waals surface area (Å²) in [6, 6.07) is 0. The molecule has 0 bridgehead atoms. The zero-order valence-electron chi connectivity index (χ0n) is 2.43. The van der Waals surface area contributed by atoms with E-state index in [1.54, 1.807) is 0 Å². The molecule has 1 atom stereocenters. The molecule has 5 heavy (non-hydrogen) atoms. The Balaban J connectivity index is 0. The van der Waals surface area contributed by atoms with Crippen molar-refractivity contribution in [1.82, 2.24) is 0 Å². The van der Waals surface area contributed by atoms with Gasteiger partial charge in [0, 0.05) is 0 Å². The average molecular weight is 295 g/mol. The van der Waals surface area contributed by atoms with E-state index in [0.717, 1.165) is 0 Å². The molecule has 0 aliphatic carbocycles. The Hall–Kier alpha value is 1.83. The van der Waals surface area contributed by atoms with E-state index in [2.05, 4.69) is 0 Å². The van der Waals surface area contributed by atoms with Crippen LogP contribution in [0.4, 0.5) is 0 Å².